The van der Waals surface area contributed by atoms with Crippen LogP contribution in [0.25, 0.3) is 44.2 Å². The minimum atomic E-state index is 0.930. The van der Waals surface area contributed by atoms with Crippen molar-refractivity contribution >= 4 is 37.9 Å². The number of fused-ring (bicyclic) bond motifs is 3. The van der Waals surface area contributed by atoms with Gasteiger partial charge in [-0.1, -0.05) is 84.4 Å². The highest BCUT2D eigenvalue weighted by Gasteiger charge is 2.08. The van der Waals surface area contributed by atoms with Gasteiger partial charge in [-0.25, -0.2) is 0 Å². The van der Waals surface area contributed by atoms with E-state index in [1.54, 1.807) is 0 Å². The van der Waals surface area contributed by atoms with E-state index in [-0.39, 0.29) is 0 Å². The Kier molecular flexibility index (Phi) is 5.31. The van der Waals surface area contributed by atoms with Crippen LogP contribution in [0.4, 0.5) is 0 Å². The Labute approximate surface area is 173 Å². The molecule has 0 saturated heterocycles. The Morgan fingerprint density at radius 2 is 1.14 bits per heavy atom. The lowest BCUT2D eigenvalue weighted by atomic mass is 9.98. The topological polar surface area (TPSA) is 13.1 Å². The molecule has 0 atom stereocenters. The quantitative estimate of drug-likeness (QED) is 0.274. The van der Waals surface area contributed by atoms with Crippen LogP contribution in [0.5, 0.6) is 0 Å². The molecule has 0 saturated carbocycles. The van der Waals surface area contributed by atoms with Crippen molar-refractivity contribution in [1.29, 1.82) is 0 Å². The van der Waals surface area contributed by atoms with E-state index < -0.39 is 0 Å². The number of halogens is 1. The van der Waals surface area contributed by atoms with Crippen molar-refractivity contribution in [3.8, 4) is 22.3 Å². The second kappa shape index (κ2) is 8.04. The molecule has 1 heterocycles. The van der Waals surface area contributed by atoms with Crippen molar-refractivity contribution < 1.29 is 4.42 Å². The number of para-hydroxylation sites is 1. The van der Waals surface area contributed by atoms with Crippen molar-refractivity contribution in [1.82, 2.24) is 0 Å². The third kappa shape index (κ3) is 3.48. The first-order valence-corrected chi connectivity index (χ1v) is 10.3. The molecule has 0 radical (unpaired) electrons. The van der Waals surface area contributed by atoms with Crippen LogP contribution in [0.3, 0.4) is 0 Å². The summed E-state index contributed by atoms with van der Waals surface area (Å²) in [6.07, 6.45) is 0. The molecular formula is C26H21BrO. The second-order valence-corrected chi connectivity index (χ2v) is 7.31. The van der Waals surface area contributed by atoms with Gasteiger partial charge in [-0.2, -0.15) is 0 Å². The summed E-state index contributed by atoms with van der Waals surface area (Å²) < 4.78 is 7.04. The largest absolute Gasteiger partial charge is 0.456 e. The van der Waals surface area contributed by atoms with Crippen molar-refractivity contribution in [2.75, 3.05) is 0 Å². The maximum absolute atomic E-state index is 5.94. The highest BCUT2D eigenvalue weighted by molar-refractivity contribution is 9.10. The molecule has 0 aliphatic heterocycles. The summed E-state index contributed by atoms with van der Waals surface area (Å²) >= 11 is 3.50. The maximum Gasteiger partial charge on any atom is 0.135 e. The molecule has 2 heteroatoms. The molecular weight excluding hydrogens is 408 g/mol. The maximum atomic E-state index is 5.94. The minimum absolute atomic E-state index is 0.930. The summed E-state index contributed by atoms with van der Waals surface area (Å²) in [7, 11) is 0. The number of hydrogen-bond acceptors (Lipinski definition) is 1. The Hall–Kier alpha value is -2.84. The second-order valence-electron chi connectivity index (χ2n) is 6.40. The monoisotopic (exact) mass is 428 g/mol. The Morgan fingerprint density at radius 3 is 1.93 bits per heavy atom. The van der Waals surface area contributed by atoms with E-state index in [0.717, 1.165) is 26.4 Å². The highest BCUT2D eigenvalue weighted by atomic mass is 79.9. The Balaban J connectivity index is 0.000000932. The van der Waals surface area contributed by atoms with E-state index in [9.17, 15) is 0 Å². The lowest BCUT2D eigenvalue weighted by Crippen LogP contribution is -1.81. The lowest BCUT2D eigenvalue weighted by molar-refractivity contribution is 0.669. The summed E-state index contributed by atoms with van der Waals surface area (Å²) in [6.45, 7) is 4.00. The van der Waals surface area contributed by atoms with Crippen LogP contribution in [0.15, 0.2) is 99.9 Å². The fraction of sp³-hybridized carbons (Fsp3) is 0.0769. The minimum Gasteiger partial charge on any atom is -0.456 e. The van der Waals surface area contributed by atoms with E-state index in [2.05, 4.69) is 94.8 Å². The predicted octanol–water partition coefficient (Wildman–Crippen LogP) is 8.71. The number of rotatable bonds is 2. The summed E-state index contributed by atoms with van der Waals surface area (Å²) in [5, 5.41) is 2.32. The van der Waals surface area contributed by atoms with Crippen molar-refractivity contribution in [3.63, 3.8) is 0 Å². The molecule has 5 rings (SSSR count). The normalized spacial score (nSPS) is 10.7. The average molecular weight is 429 g/mol. The Bertz CT molecular complexity index is 1230. The molecule has 0 N–H and O–H groups in total. The molecule has 1 nitrogen and oxygen atoms in total. The molecule has 1 aromatic heterocycles. The van der Waals surface area contributed by atoms with E-state index in [0.29, 0.717) is 0 Å². The zero-order valence-corrected chi connectivity index (χ0v) is 17.5. The van der Waals surface area contributed by atoms with Crippen LogP contribution >= 0.6 is 15.9 Å². The fourth-order valence-electron chi connectivity index (χ4n) is 3.43. The zero-order chi connectivity index (χ0) is 19.5. The van der Waals surface area contributed by atoms with Gasteiger partial charge in [0, 0.05) is 15.2 Å². The molecule has 0 bridgehead atoms. The Morgan fingerprint density at radius 1 is 0.536 bits per heavy atom. The zero-order valence-electron chi connectivity index (χ0n) is 15.9. The first-order chi connectivity index (χ1) is 13.8. The van der Waals surface area contributed by atoms with Gasteiger partial charge in [-0.3, -0.25) is 0 Å². The van der Waals surface area contributed by atoms with E-state index >= 15 is 0 Å². The van der Waals surface area contributed by atoms with Crippen molar-refractivity contribution in [2.45, 2.75) is 13.8 Å². The molecule has 0 amide bonds. The number of benzene rings is 4. The van der Waals surface area contributed by atoms with Gasteiger partial charge in [0.1, 0.15) is 11.2 Å². The third-order valence-electron chi connectivity index (χ3n) is 4.75. The summed E-state index contributed by atoms with van der Waals surface area (Å²) in [6, 6.07) is 31.7. The predicted molar refractivity (Wildman–Crippen MR) is 124 cm³/mol. The van der Waals surface area contributed by atoms with Gasteiger partial charge in [0.25, 0.3) is 0 Å². The molecule has 28 heavy (non-hydrogen) atoms. The highest BCUT2D eigenvalue weighted by Crippen LogP contribution is 2.33. The SMILES string of the molecule is Brc1ccc(-c2cccc(-c3ccc4oc5ccccc5c4c3)c2)cc1.CC. The van der Waals surface area contributed by atoms with E-state index in [1.807, 2.05) is 26.0 Å². The third-order valence-corrected chi connectivity index (χ3v) is 5.28. The van der Waals surface area contributed by atoms with E-state index in [1.165, 1.54) is 22.3 Å². The summed E-state index contributed by atoms with van der Waals surface area (Å²) in [5.41, 5.74) is 6.69. The summed E-state index contributed by atoms with van der Waals surface area (Å²) in [4.78, 5) is 0. The fourth-order valence-corrected chi connectivity index (χ4v) is 3.69. The van der Waals surface area contributed by atoms with Crippen LogP contribution < -0.4 is 0 Å². The van der Waals surface area contributed by atoms with Crippen LogP contribution in [-0.2, 0) is 0 Å². The van der Waals surface area contributed by atoms with Crippen LogP contribution in [0, 0.1) is 0 Å². The van der Waals surface area contributed by atoms with Crippen molar-refractivity contribution in [2.24, 2.45) is 0 Å². The van der Waals surface area contributed by atoms with Crippen LogP contribution in [-0.4, -0.2) is 0 Å². The molecule has 0 unspecified atom stereocenters. The lowest BCUT2D eigenvalue weighted by Gasteiger charge is -2.07. The van der Waals surface area contributed by atoms with Gasteiger partial charge < -0.3 is 4.42 Å². The molecule has 0 fully saturated rings. The van der Waals surface area contributed by atoms with Gasteiger partial charge in [-0.05, 0) is 58.7 Å². The first-order valence-electron chi connectivity index (χ1n) is 9.56. The number of hydrogen-bond donors (Lipinski definition) is 0. The molecule has 138 valence electrons. The smallest absolute Gasteiger partial charge is 0.135 e. The molecule has 0 aliphatic rings. The van der Waals surface area contributed by atoms with Crippen LogP contribution in [0.1, 0.15) is 13.8 Å². The summed E-state index contributed by atoms with van der Waals surface area (Å²) in [5.74, 6) is 0. The first kappa shape index (κ1) is 18.5. The van der Waals surface area contributed by atoms with E-state index in [4.69, 9.17) is 4.42 Å². The standard InChI is InChI=1S/C24H15BrO.C2H6/c25-20-11-8-16(9-12-20)17-4-3-5-18(14-17)19-10-13-24-22(15-19)21-6-1-2-7-23(21)26-24;1-2/h1-15H;1-2H3. The van der Waals surface area contributed by atoms with Gasteiger partial charge in [0.15, 0.2) is 0 Å². The molecule has 5 aromatic rings. The van der Waals surface area contributed by atoms with Gasteiger partial charge in [0.05, 0.1) is 0 Å². The van der Waals surface area contributed by atoms with Gasteiger partial charge in [-0.15, -0.1) is 0 Å². The molecule has 0 spiro atoms. The van der Waals surface area contributed by atoms with Crippen molar-refractivity contribution in [3.05, 3.63) is 95.5 Å². The van der Waals surface area contributed by atoms with Gasteiger partial charge >= 0.3 is 0 Å². The van der Waals surface area contributed by atoms with Gasteiger partial charge in [0.2, 0.25) is 0 Å². The number of furan rings is 1. The average Bonchev–Trinajstić information content (AvgIpc) is 3.14. The molecule has 0 aliphatic carbocycles. The van der Waals surface area contributed by atoms with Crippen LogP contribution in [0.2, 0.25) is 0 Å². The molecule has 4 aromatic carbocycles.